The summed E-state index contributed by atoms with van der Waals surface area (Å²) in [5.74, 6) is 1.60. The molecule has 5 aromatic carbocycles. The molecule has 0 saturated carbocycles. The van der Waals surface area contributed by atoms with E-state index in [0.29, 0.717) is 11.8 Å². The van der Waals surface area contributed by atoms with Gasteiger partial charge in [-0.25, -0.2) is 0 Å². The standard InChI is InChI=1S/C39H33N2S.Ir/c1-25(2)32-21-30(28-15-9-6-10-16-28)22-33(26(3)4)38(32)41-36-18-12-11-17-35(36)40-39(41)34-24-42-37-23-29(19-20-31(34)37)27-13-7-5-8-14-27;/h5-23,25-26H,1-4H3;/q-1;. The molecule has 0 aliphatic heterocycles. The number of fused-ring (bicyclic) bond motifs is 2. The first-order valence-electron chi connectivity index (χ1n) is 14.7. The first kappa shape index (κ1) is 29.3. The molecule has 0 aliphatic rings. The van der Waals surface area contributed by atoms with Gasteiger partial charge in [0.25, 0.3) is 0 Å². The molecule has 2 nitrogen and oxygen atoms in total. The number of hydrogen-bond acceptors (Lipinski definition) is 2. The van der Waals surface area contributed by atoms with E-state index >= 15 is 0 Å². The molecule has 43 heavy (non-hydrogen) atoms. The molecule has 0 spiro atoms. The van der Waals surface area contributed by atoms with Crippen LogP contribution >= 0.6 is 11.3 Å². The van der Waals surface area contributed by atoms with Gasteiger partial charge in [-0.05, 0) is 69.5 Å². The Morgan fingerprint density at radius 1 is 0.628 bits per heavy atom. The van der Waals surface area contributed by atoms with Gasteiger partial charge in [-0.15, -0.1) is 11.5 Å². The Labute approximate surface area is 271 Å². The van der Waals surface area contributed by atoms with Crippen molar-refractivity contribution in [3.63, 3.8) is 0 Å². The summed E-state index contributed by atoms with van der Waals surface area (Å²) in [7, 11) is 0. The zero-order valence-electron chi connectivity index (χ0n) is 24.8. The van der Waals surface area contributed by atoms with E-state index in [-0.39, 0.29) is 20.1 Å². The number of imidazole rings is 1. The second kappa shape index (κ2) is 12.1. The Kier molecular flexibility index (Phi) is 8.20. The van der Waals surface area contributed by atoms with Crippen LogP contribution in [0.15, 0.2) is 115 Å². The summed E-state index contributed by atoms with van der Waals surface area (Å²) in [6, 6.07) is 41.4. The zero-order chi connectivity index (χ0) is 28.8. The van der Waals surface area contributed by atoms with Gasteiger partial charge in [0.2, 0.25) is 0 Å². The minimum absolute atomic E-state index is 0. The zero-order valence-corrected chi connectivity index (χ0v) is 28.0. The molecule has 0 saturated heterocycles. The molecule has 0 fully saturated rings. The van der Waals surface area contributed by atoms with E-state index in [2.05, 4.69) is 153 Å². The minimum Gasteiger partial charge on any atom is -0.333 e. The Hall–Kier alpha value is -3.82. The molecular weight excluding hydrogens is 721 g/mol. The van der Waals surface area contributed by atoms with Crippen LogP contribution in [-0.2, 0) is 20.1 Å². The first-order chi connectivity index (χ1) is 20.5. The van der Waals surface area contributed by atoms with Crippen LogP contribution < -0.4 is 0 Å². The molecule has 7 aromatic rings. The van der Waals surface area contributed by atoms with E-state index in [0.717, 1.165) is 22.4 Å². The number of hydrogen-bond donors (Lipinski definition) is 0. The number of thiophene rings is 1. The van der Waals surface area contributed by atoms with Crippen LogP contribution in [0.1, 0.15) is 50.7 Å². The number of nitrogens with zero attached hydrogens (tertiary/aromatic N) is 2. The molecule has 0 aliphatic carbocycles. The van der Waals surface area contributed by atoms with Gasteiger partial charge in [-0.2, -0.15) is 0 Å². The van der Waals surface area contributed by atoms with Crippen molar-refractivity contribution >= 4 is 32.5 Å². The number of para-hydroxylation sites is 2. The Bertz CT molecular complexity index is 2010. The van der Waals surface area contributed by atoms with Gasteiger partial charge in [-0.1, -0.05) is 128 Å². The number of aromatic nitrogens is 2. The summed E-state index contributed by atoms with van der Waals surface area (Å²) >= 11 is 1.67. The molecule has 215 valence electrons. The fourth-order valence-corrected chi connectivity index (χ4v) is 6.87. The summed E-state index contributed by atoms with van der Waals surface area (Å²) in [6.45, 7) is 9.20. The Balaban J connectivity index is 0.00000329. The molecule has 4 heteroatoms. The molecule has 7 rings (SSSR count). The van der Waals surface area contributed by atoms with Crippen molar-refractivity contribution in [1.82, 2.24) is 9.55 Å². The SMILES string of the molecule is CC(C)c1cc(-c2ccccc2)cc(C(C)C)c1-n1c(-c2[c-]sc3cc(-c4ccccc4)ccc23)nc2ccccc21.[Ir]. The van der Waals surface area contributed by atoms with Gasteiger partial charge >= 0.3 is 0 Å². The third kappa shape index (κ3) is 5.29. The topological polar surface area (TPSA) is 17.8 Å². The summed E-state index contributed by atoms with van der Waals surface area (Å²) in [5, 5.41) is 4.86. The fourth-order valence-electron chi connectivity index (χ4n) is 5.99. The first-order valence-corrected chi connectivity index (χ1v) is 15.5. The van der Waals surface area contributed by atoms with E-state index in [1.807, 2.05) is 0 Å². The third-order valence-electron chi connectivity index (χ3n) is 8.15. The predicted molar refractivity (Wildman–Crippen MR) is 180 cm³/mol. The van der Waals surface area contributed by atoms with Crippen LogP contribution in [0.4, 0.5) is 0 Å². The van der Waals surface area contributed by atoms with Gasteiger partial charge in [0.15, 0.2) is 0 Å². The van der Waals surface area contributed by atoms with E-state index in [1.165, 1.54) is 49.2 Å². The smallest absolute Gasteiger partial charge is 0.0774 e. The van der Waals surface area contributed by atoms with Crippen LogP contribution in [0, 0.1) is 5.38 Å². The van der Waals surface area contributed by atoms with Crippen molar-refractivity contribution in [3.05, 3.63) is 132 Å². The van der Waals surface area contributed by atoms with Gasteiger partial charge < -0.3 is 4.57 Å². The largest absolute Gasteiger partial charge is 0.333 e. The van der Waals surface area contributed by atoms with Crippen LogP contribution in [0.2, 0.25) is 0 Å². The van der Waals surface area contributed by atoms with Crippen LogP contribution in [0.25, 0.3) is 60.4 Å². The minimum atomic E-state index is 0. The second-order valence-corrected chi connectivity index (χ2v) is 12.4. The molecule has 0 amide bonds. The second-order valence-electron chi connectivity index (χ2n) is 11.6. The molecule has 1 radical (unpaired) electrons. The van der Waals surface area contributed by atoms with Gasteiger partial charge in [0.05, 0.1) is 16.9 Å². The van der Waals surface area contributed by atoms with E-state index in [1.54, 1.807) is 11.3 Å². The maximum Gasteiger partial charge on any atom is 0.0774 e. The molecule has 0 unspecified atom stereocenters. The van der Waals surface area contributed by atoms with Gasteiger partial charge in [-0.3, -0.25) is 16.3 Å². The molecular formula is C39H33IrN2S-. The molecule has 2 aromatic heterocycles. The van der Waals surface area contributed by atoms with E-state index in [4.69, 9.17) is 4.98 Å². The van der Waals surface area contributed by atoms with Gasteiger partial charge in [0, 0.05) is 25.8 Å². The number of benzene rings is 5. The van der Waals surface area contributed by atoms with Crippen LogP contribution in [-0.4, -0.2) is 9.55 Å². The molecule has 0 atom stereocenters. The van der Waals surface area contributed by atoms with Crippen molar-refractivity contribution in [2.24, 2.45) is 0 Å². The monoisotopic (exact) mass is 754 g/mol. The Morgan fingerprint density at radius 3 is 1.84 bits per heavy atom. The maximum absolute atomic E-state index is 5.28. The van der Waals surface area contributed by atoms with Crippen molar-refractivity contribution < 1.29 is 20.1 Å². The molecule has 2 heterocycles. The number of rotatable bonds is 6. The Morgan fingerprint density at radius 2 is 1.21 bits per heavy atom. The predicted octanol–water partition coefficient (Wildman–Crippen LogP) is 11.3. The summed E-state index contributed by atoms with van der Waals surface area (Å²) in [6.07, 6.45) is 0. The molecule has 0 bridgehead atoms. The average Bonchev–Trinajstić information content (AvgIpc) is 3.62. The fraction of sp³-hybridized carbons (Fsp3) is 0.154. The summed E-state index contributed by atoms with van der Waals surface area (Å²) in [5.41, 5.74) is 12.0. The average molecular weight is 754 g/mol. The maximum atomic E-state index is 5.28. The van der Waals surface area contributed by atoms with Crippen molar-refractivity contribution in [1.29, 1.82) is 0 Å². The normalized spacial score (nSPS) is 11.5. The third-order valence-corrected chi connectivity index (χ3v) is 9.01. The van der Waals surface area contributed by atoms with Crippen molar-refractivity contribution in [2.75, 3.05) is 0 Å². The van der Waals surface area contributed by atoms with E-state index < -0.39 is 0 Å². The van der Waals surface area contributed by atoms with Crippen LogP contribution in [0.5, 0.6) is 0 Å². The van der Waals surface area contributed by atoms with Gasteiger partial charge in [0.1, 0.15) is 0 Å². The summed E-state index contributed by atoms with van der Waals surface area (Å²) in [4.78, 5) is 5.28. The van der Waals surface area contributed by atoms with Crippen molar-refractivity contribution in [3.8, 4) is 39.3 Å². The van der Waals surface area contributed by atoms with Crippen molar-refractivity contribution in [2.45, 2.75) is 39.5 Å². The molecule has 0 N–H and O–H groups in total. The summed E-state index contributed by atoms with van der Waals surface area (Å²) < 4.78 is 3.63. The van der Waals surface area contributed by atoms with Crippen LogP contribution in [0.3, 0.4) is 0 Å². The van der Waals surface area contributed by atoms with E-state index in [9.17, 15) is 0 Å². The quantitative estimate of drug-likeness (QED) is 0.155.